The Kier molecular flexibility index (Phi) is 5.23. The highest BCUT2D eigenvalue weighted by Crippen LogP contribution is 2.24. The lowest BCUT2D eigenvalue weighted by Gasteiger charge is -2.09. The van der Waals surface area contributed by atoms with Gasteiger partial charge in [0.25, 0.3) is 5.91 Å². The van der Waals surface area contributed by atoms with Crippen molar-refractivity contribution in [3.63, 3.8) is 0 Å². The second kappa shape index (κ2) is 7.96. The van der Waals surface area contributed by atoms with Gasteiger partial charge in [-0.2, -0.15) is 0 Å². The van der Waals surface area contributed by atoms with Crippen LogP contribution in [0.1, 0.15) is 41.1 Å². The maximum Gasteiger partial charge on any atom is 0.253 e. The lowest BCUT2D eigenvalue weighted by Crippen LogP contribution is -2.28. The number of nitrogens with zero attached hydrogens (tertiary/aromatic N) is 3. The molecule has 6 nitrogen and oxygen atoms in total. The Morgan fingerprint density at radius 1 is 1.25 bits per heavy atom. The van der Waals surface area contributed by atoms with Gasteiger partial charge < -0.3 is 14.6 Å². The van der Waals surface area contributed by atoms with E-state index in [4.69, 9.17) is 9.72 Å². The van der Waals surface area contributed by atoms with Crippen molar-refractivity contribution in [3.8, 4) is 5.75 Å². The average molecular weight is 382 g/mol. The molecule has 28 heavy (non-hydrogen) atoms. The number of ether oxygens (including phenoxy) is 1. The number of aromatic nitrogens is 3. The third kappa shape index (κ3) is 3.83. The molecule has 1 aromatic carbocycles. The van der Waals surface area contributed by atoms with Crippen LogP contribution in [0.25, 0.3) is 11.2 Å². The van der Waals surface area contributed by atoms with Crippen LogP contribution in [-0.4, -0.2) is 33.6 Å². The maximum atomic E-state index is 13.2. The van der Waals surface area contributed by atoms with Crippen molar-refractivity contribution >= 4 is 17.1 Å². The van der Waals surface area contributed by atoms with Crippen LogP contribution in [0.3, 0.4) is 0 Å². The summed E-state index contributed by atoms with van der Waals surface area (Å²) in [6.45, 7) is 3.35. The fourth-order valence-electron chi connectivity index (χ4n) is 3.57. The second-order valence-corrected chi connectivity index (χ2v) is 7.04. The van der Waals surface area contributed by atoms with Gasteiger partial charge in [-0.15, -0.1) is 0 Å². The van der Waals surface area contributed by atoms with E-state index in [1.54, 1.807) is 18.2 Å². The number of rotatable bonds is 5. The second-order valence-electron chi connectivity index (χ2n) is 7.04. The SMILES string of the molecule is Cc1cc(C(=O)NCCOc2cccc(F)c2)c2nc3n(c2n1)CCCCC3. The van der Waals surface area contributed by atoms with Gasteiger partial charge in [0.1, 0.15) is 29.5 Å². The van der Waals surface area contributed by atoms with E-state index in [0.717, 1.165) is 43.0 Å². The molecular formula is C21H23FN4O2. The van der Waals surface area contributed by atoms with E-state index in [1.165, 1.54) is 18.6 Å². The topological polar surface area (TPSA) is 69.0 Å². The molecule has 0 atom stereocenters. The molecule has 3 aromatic rings. The fraction of sp³-hybridized carbons (Fsp3) is 0.381. The van der Waals surface area contributed by atoms with E-state index in [1.807, 2.05) is 6.92 Å². The van der Waals surface area contributed by atoms with Crippen molar-refractivity contribution in [2.75, 3.05) is 13.2 Å². The molecule has 2 aromatic heterocycles. The van der Waals surface area contributed by atoms with Crippen molar-refractivity contribution in [2.45, 2.75) is 39.2 Å². The number of hydrogen-bond donors (Lipinski definition) is 1. The highest BCUT2D eigenvalue weighted by Gasteiger charge is 2.20. The molecule has 1 aliphatic rings. The van der Waals surface area contributed by atoms with Gasteiger partial charge in [-0.05, 0) is 38.0 Å². The summed E-state index contributed by atoms with van der Waals surface area (Å²) in [6, 6.07) is 7.72. The Hall–Kier alpha value is -2.96. The number of aryl methyl sites for hydroxylation is 3. The monoisotopic (exact) mass is 382 g/mol. The minimum Gasteiger partial charge on any atom is -0.492 e. The van der Waals surface area contributed by atoms with Crippen molar-refractivity contribution in [2.24, 2.45) is 0 Å². The number of fused-ring (bicyclic) bond motifs is 3. The van der Waals surface area contributed by atoms with Crippen LogP contribution in [0.4, 0.5) is 4.39 Å². The van der Waals surface area contributed by atoms with Gasteiger partial charge in [0, 0.05) is 24.7 Å². The summed E-state index contributed by atoms with van der Waals surface area (Å²) in [7, 11) is 0. The number of halogens is 1. The van der Waals surface area contributed by atoms with E-state index >= 15 is 0 Å². The molecule has 0 fully saturated rings. The molecule has 0 saturated carbocycles. The van der Waals surface area contributed by atoms with Crippen LogP contribution in [0.15, 0.2) is 30.3 Å². The van der Waals surface area contributed by atoms with Crippen molar-refractivity contribution in [3.05, 3.63) is 53.2 Å². The van der Waals surface area contributed by atoms with Crippen LogP contribution in [0, 0.1) is 12.7 Å². The Labute approximate surface area is 162 Å². The molecule has 1 amide bonds. The zero-order valence-electron chi connectivity index (χ0n) is 15.9. The molecule has 0 saturated heterocycles. The molecule has 1 N–H and O–H groups in total. The van der Waals surface area contributed by atoms with Gasteiger partial charge in [-0.3, -0.25) is 4.79 Å². The van der Waals surface area contributed by atoms with Gasteiger partial charge in [-0.25, -0.2) is 14.4 Å². The first-order valence-electron chi connectivity index (χ1n) is 9.65. The first-order chi connectivity index (χ1) is 13.6. The molecule has 0 bridgehead atoms. The van der Waals surface area contributed by atoms with Crippen LogP contribution >= 0.6 is 0 Å². The molecule has 3 heterocycles. The lowest BCUT2D eigenvalue weighted by atomic mass is 10.2. The number of nitrogens with one attached hydrogen (secondary N) is 1. The third-order valence-corrected chi connectivity index (χ3v) is 4.89. The number of benzene rings is 1. The number of carbonyl (C=O) groups excluding carboxylic acids is 1. The predicted molar refractivity (Wildman–Crippen MR) is 104 cm³/mol. The smallest absolute Gasteiger partial charge is 0.253 e. The predicted octanol–water partition coefficient (Wildman–Crippen LogP) is 3.41. The van der Waals surface area contributed by atoms with Gasteiger partial charge >= 0.3 is 0 Å². The largest absolute Gasteiger partial charge is 0.492 e. The summed E-state index contributed by atoms with van der Waals surface area (Å²) in [6.07, 6.45) is 4.32. The Morgan fingerprint density at radius 2 is 2.14 bits per heavy atom. The third-order valence-electron chi connectivity index (χ3n) is 4.89. The van der Waals surface area contributed by atoms with E-state index in [2.05, 4.69) is 14.9 Å². The molecule has 0 radical (unpaired) electrons. The number of imidazole rings is 1. The van der Waals surface area contributed by atoms with Crippen molar-refractivity contribution < 1.29 is 13.9 Å². The fourth-order valence-corrected chi connectivity index (χ4v) is 3.57. The molecule has 0 aliphatic carbocycles. The molecular weight excluding hydrogens is 359 g/mol. The lowest BCUT2D eigenvalue weighted by molar-refractivity contribution is 0.0948. The Bertz CT molecular complexity index is 1020. The molecule has 146 valence electrons. The number of pyridine rings is 1. The van der Waals surface area contributed by atoms with Gasteiger partial charge in [0.15, 0.2) is 5.65 Å². The van der Waals surface area contributed by atoms with E-state index in [-0.39, 0.29) is 18.3 Å². The summed E-state index contributed by atoms with van der Waals surface area (Å²) in [5, 5.41) is 2.86. The number of hydrogen-bond acceptors (Lipinski definition) is 4. The van der Waals surface area contributed by atoms with E-state index < -0.39 is 0 Å². The summed E-state index contributed by atoms with van der Waals surface area (Å²) in [5.41, 5.74) is 2.78. The van der Waals surface area contributed by atoms with Crippen LogP contribution in [0.2, 0.25) is 0 Å². The zero-order chi connectivity index (χ0) is 19.5. The summed E-state index contributed by atoms with van der Waals surface area (Å²) >= 11 is 0. The quantitative estimate of drug-likeness (QED) is 0.687. The van der Waals surface area contributed by atoms with Crippen LogP contribution in [0.5, 0.6) is 5.75 Å². The number of carbonyl (C=O) groups is 1. The minimum atomic E-state index is -0.351. The standard InChI is InChI=1S/C21H23FN4O2/c1-14-12-17(19-20(24-14)26-10-4-2-3-8-18(26)25-19)21(27)23-9-11-28-16-7-5-6-15(22)13-16/h5-7,12-13H,2-4,8-11H2,1H3,(H,23,27). The zero-order valence-corrected chi connectivity index (χ0v) is 15.9. The van der Waals surface area contributed by atoms with Gasteiger partial charge in [-0.1, -0.05) is 12.5 Å². The molecule has 4 rings (SSSR count). The highest BCUT2D eigenvalue weighted by atomic mass is 19.1. The minimum absolute atomic E-state index is 0.202. The molecule has 0 unspecified atom stereocenters. The van der Waals surface area contributed by atoms with Crippen LogP contribution in [-0.2, 0) is 13.0 Å². The molecule has 1 aliphatic heterocycles. The van der Waals surface area contributed by atoms with Crippen molar-refractivity contribution in [1.82, 2.24) is 19.9 Å². The summed E-state index contributed by atoms with van der Waals surface area (Å²) < 4.78 is 20.8. The number of amides is 1. The van der Waals surface area contributed by atoms with E-state index in [0.29, 0.717) is 23.4 Å². The van der Waals surface area contributed by atoms with Gasteiger partial charge in [0.05, 0.1) is 12.1 Å². The van der Waals surface area contributed by atoms with E-state index in [9.17, 15) is 9.18 Å². The first-order valence-corrected chi connectivity index (χ1v) is 9.65. The Morgan fingerprint density at radius 3 is 3.00 bits per heavy atom. The summed E-state index contributed by atoms with van der Waals surface area (Å²) in [4.78, 5) is 22.1. The Balaban J connectivity index is 1.48. The normalized spacial score (nSPS) is 13.8. The molecule has 0 spiro atoms. The summed E-state index contributed by atoms with van der Waals surface area (Å²) in [5.74, 6) is 0.894. The van der Waals surface area contributed by atoms with Gasteiger partial charge in [0.2, 0.25) is 0 Å². The highest BCUT2D eigenvalue weighted by molar-refractivity contribution is 6.04. The average Bonchev–Trinajstić information content (AvgIpc) is 2.86. The molecule has 7 heteroatoms. The first kappa shape index (κ1) is 18.4. The van der Waals surface area contributed by atoms with Crippen molar-refractivity contribution in [1.29, 1.82) is 0 Å². The van der Waals surface area contributed by atoms with Crippen LogP contribution < -0.4 is 10.1 Å². The maximum absolute atomic E-state index is 13.2.